The van der Waals surface area contributed by atoms with Gasteiger partial charge in [0.15, 0.2) is 0 Å². The lowest BCUT2D eigenvalue weighted by Crippen LogP contribution is -2.42. The predicted molar refractivity (Wildman–Crippen MR) is 150 cm³/mol. The van der Waals surface area contributed by atoms with E-state index in [9.17, 15) is 4.79 Å². The van der Waals surface area contributed by atoms with Gasteiger partial charge >= 0.3 is 0 Å². The normalized spacial score (nSPS) is 24.8. The fourth-order valence-corrected chi connectivity index (χ4v) is 6.65. The molecule has 0 spiro atoms. The van der Waals surface area contributed by atoms with Crippen LogP contribution in [-0.4, -0.2) is 72.5 Å². The summed E-state index contributed by atoms with van der Waals surface area (Å²) in [5, 5.41) is 11.4. The Hall–Kier alpha value is -2.73. The van der Waals surface area contributed by atoms with E-state index in [2.05, 4.69) is 31.9 Å². The number of morpholine rings is 1. The van der Waals surface area contributed by atoms with Gasteiger partial charge in [-0.05, 0) is 44.4 Å². The number of nitrogens with zero attached hydrogens (tertiary/aromatic N) is 3. The van der Waals surface area contributed by atoms with Crippen LogP contribution in [0, 0.1) is 0 Å². The van der Waals surface area contributed by atoms with Crippen LogP contribution in [-0.2, 0) is 4.74 Å². The number of anilines is 3. The molecule has 10 nitrogen and oxygen atoms in total. The van der Waals surface area contributed by atoms with E-state index in [1.165, 1.54) is 24.2 Å². The molecule has 0 radical (unpaired) electrons. The van der Waals surface area contributed by atoms with Crippen molar-refractivity contribution in [2.75, 3.05) is 54.9 Å². The van der Waals surface area contributed by atoms with Gasteiger partial charge < -0.3 is 31.3 Å². The van der Waals surface area contributed by atoms with Crippen LogP contribution in [0.1, 0.15) is 38.5 Å². The van der Waals surface area contributed by atoms with Gasteiger partial charge in [0.05, 0.1) is 29.1 Å². The van der Waals surface area contributed by atoms with Gasteiger partial charge in [-0.3, -0.25) is 9.78 Å². The Morgan fingerprint density at radius 1 is 1.08 bits per heavy atom. The van der Waals surface area contributed by atoms with Crippen molar-refractivity contribution in [3.8, 4) is 10.6 Å². The standard InChI is InChI=1S/C26H36N8O2S/c27-17-6-1-2-7-18(17)30-19-8-3-9-20-22(19)37-25(31-20)21-23(29-16-5-4-10-28-15-16)32-26(33-24(21)35)34-11-13-36-14-12-34/h3,8-9,16-18,28,30H,1-2,4-7,10-15,27H2,(H2,29,32,33,35)/t16-,17+,18-/m1/s1. The van der Waals surface area contributed by atoms with Crippen molar-refractivity contribution >= 4 is 39.0 Å². The highest BCUT2D eigenvalue weighted by Crippen LogP contribution is 2.37. The first kappa shape index (κ1) is 24.6. The Morgan fingerprint density at radius 2 is 1.95 bits per heavy atom. The Kier molecular flexibility index (Phi) is 7.27. The van der Waals surface area contributed by atoms with E-state index in [-0.39, 0.29) is 23.7 Å². The molecule has 4 heterocycles. The van der Waals surface area contributed by atoms with E-state index in [1.54, 1.807) is 0 Å². The molecule has 1 aliphatic carbocycles. The van der Waals surface area contributed by atoms with Crippen molar-refractivity contribution in [1.82, 2.24) is 20.3 Å². The third-order valence-corrected chi connectivity index (χ3v) is 8.77. The maximum atomic E-state index is 13.6. The number of aromatic nitrogens is 3. The van der Waals surface area contributed by atoms with Gasteiger partial charge in [-0.25, -0.2) is 4.98 Å². The molecule has 6 rings (SSSR count). The lowest BCUT2D eigenvalue weighted by molar-refractivity contribution is 0.122. The topological polar surface area (TPSA) is 133 Å². The van der Waals surface area contributed by atoms with E-state index in [0.29, 0.717) is 48.6 Å². The summed E-state index contributed by atoms with van der Waals surface area (Å²) >= 11 is 1.53. The fourth-order valence-electron chi connectivity index (χ4n) is 5.57. The molecule has 0 bridgehead atoms. The number of hydrogen-bond donors (Lipinski definition) is 5. The number of hydrogen-bond acceptors (Lipinski definition) is 10. The fraction of sp³-hybridized carbons (Fsp3) is 0.577. The number of rotatable bonds is 6. The summed E-state index contributed by atoms with van der Waals surface area (Å²) in [7, 11) is 0. The van der Waals surface area contributed by atoms with Crippen molar-refractivity contribution < 1.29 is 4.74 Å². The third kappa shape index (κ3) is 5.31. The minimum Gasteiger partial charge on any atom is -0.380 e. The molecular weight excluding hydrogens is 488 g/mol. The quantitative estimate of drug-likeness (QED) is 0.330. The van der Waals surface area contributed by atoms with Gasteiger partial charge in [0.1, 0.15) is 16.4 Å². The van der Waals surface area contributed by atoms with Crippen LogP contribution in [0.2, 0.25) is 0 Å². The first-order chi connectivity index (χ1) is 18.2. The van der Waals surface area contributed by atoms with Crippen molar-refractivity contribution in [3.63, 3.8) is 0 Å². The Labute approximate surface area is 220 Å². The van der Waals surface area contributed by atoms with Crippen molar-refractivity contribution in [2.45, 2.75) is 56.7 Å². The first-order valence-electron chi connectivity index (χ1n) is 13.5. The van der Waals surface area contributed by atoms with Crippen LogP contribution in [0.15, 0.2) is 23.0 Å². The molecule has 3 aliphatic rings. The molecule has 11 heteroatoms. The van der Waals surface area contributed by atoms with Gasteiger partial charge in [0, 0.05) is 37.8 Å². The van der Waals surface area contributed by atoms with E-state index in [0.717, 1.165) is 54.7 Å². The second kappa shape index (κ2) is 10.9. The summed E-state index contributed by atoms with van der Waals surface area (Å²) in [4.78, 5) is 28.5. The Balaban J connectivity index is 1.38. The molecule has 1 saturated carbocycles. The number of fused-ring (bicyclic) bond motifs is 1. The number of nitrogens with two attached hydrogens (primary N) is 1. The Bertz CT molecular complexity index is 1280. The van der Waals surface area contributed by atoms with Crippen LogP contribution < -0.4 is 32.1 Å². The molecule has 3 atom stereocenters. The monoisotopic (exact) mass is 524 g/mol. The van der Waals surface area contributed by atoms with Crippen LogP contribution in [0.4, 0.5) is 17.5 Å². The number of aromatic amines is 1. The van der Waals surface area contributed by atoms with E-state index < -0.39 is 0 Å². The van der Waals surface area contributed by atoms with Crippen LogP contribution >= 0.6 is 11.3 Å². The molecule has 2 saturated heterocycles. The first-order valence-corrected chi connectivity index (χ1v) is 14.3. The lowest BCUT2D eigenvalue weighted by Gasteiger charge is -2.30. The SMILES string of the molecule is N[C@H]1CCCC[C@H]1Nc1cccc2nc(-c3c(N[C@@H]4CCCNC4)nc(N4CCOCC4)[nH]c3=O)sc12. The summed E-state index contributed by atoms with van der Waals surface area (Å²) in [5.74, 6) is 1.18. The number of nitrogens with one attached hydrogen (secondary N) is 4. The minimum atomic E-state index is -0.175. The highest BCUT2D eigenvalue weighted by Gasteiger charge is 2.26. The maximum Gasteiger partial charge on any atom is 0.264 e. The Morgan fingerprint density at radius 3 is 2.76 bits per heavy atom. The molecule has 198 valence electrons. The maximum absolute atomic E-state index is 13.6. The van der Waals surface area contributed by atoms with E-state index >= 15 is 0 Å². The highest BCUT2D eigenvalue weighted by molar-refractivity contribution is 7.22. The molecule has 6 N–H and O–H groups in total. The van der Waals surface area contributed by atoms with Crippen molar-refractivity contribution in [1.29, 1.82) is 0 Å². The van der Waals surface area contributed by atoms with Gasteiger partial charge in [0.25, 0.3) is 5.56 Å². The molecular formula is C26H36N8O2S. The van der Waals surface area contributed by atoms with Crippen molar-refractivity contribution in [3.05, 3.63) is 28.6 Å². The number of H-pyrrole nitrogens is 1. The largest absolute Gasteiger partial charge is 0.380 e. The number of piperidine rings is 1. The summed E-state index contributed by atoms with van der Waals surface area (Å²) < 4.78 is 6.53. The summed E-state index contributed by atoms with van der Waals surface area (Å²) in [5.41, 5.74) is 8.65. The molecule has 37 heavy (non-hydrogen) atoms. The van der Waals surface area contributed by atoms with Gasteiger partial charge in [0.2, 0.25) is 5.95 Å². The van der Waals surface area contributed by atoms with Crippen molar-refractivity contribution in [2.24, 2.45) is 5.73 Å². The molecule has 0 amide bonds. The van der Waals surface area contributed by atoms with E-state index in [4.69, 9.17) is 20.4 Å². The molecule has 2 aliphatic heterocycles. The highest BCUT2D eigenvalue weighted by atomic mass is 32.1. The lowest BCUT2D eigenvalue weighted by atomic mass is 9.91. The molecule has 3 fully saturated rings. The summed E-state index contributed by atoms with van der Waals surface area (Å²) in [6.07, 6.45) is 6.62. The van der Waals surface area contributed by atoms with E-state index in [1.807, 2.05) is 12.1 Å². The molecule has 2 aromatic heterocycles. The van der Waals surface area contributed by atoms with Gasteiger partial charge in [-0.15, -0.1) is 11.3 Å². The number of thiazole rings is 1. The minimum absolute atomic E-state index is 0.149. The second-order valence-corrected chi connectivity index (χ2v) is 11.3. The average molecular weight is 525 g/mol. The molecule has 3 aromatic rings. The summed E-state index contributed by atoms with van der Waals surface area (Å²) in [6.45, 7) is 4.51. The number of benzene rings is 1. The number of ether oxygens (including phenoxy) is 1. The predicted octanol–water partition coefficient (Wildman–Crippen LogP) is 2.73. The van der Waals surface area contributed by atoms with Gasteiger partial charge in [-0.2, -0.15) is 4.98 Å². The zero-order chi connectivity index (χ0) is 25.2. The zero-order valence-electron chi connectivity index (χ0n) is 21.1. The smallest absolute Gasteiger partial charge is 0.264 e. The van der Waals surface area contributed by atoms with Gasteiger partial charge in [-0.1, -0.05) is 18.9 Å². The zero-order valence-corrected chi connectivity index (χ0v) is 21.9. The molecule has 0 unspecified atom stereocenters. The summed E-state index contributed by atoms with van der Waals surface area (Å²) in [6, 6.07) is 6.71. The van der Waals surface area contributed by atoms with Crippen LogP contribution in [0.25, 0.3) is 20.8 Å². The molecule has 1 aromatic carbocycles. The second-order valence-electron chi connectivity index (χ2n) is 10.3. The third-order valence-electron chi connectivity index (χ3n) is 7.64. The van der Waals surface area contributed by atoms with Crippen LogP contribution in [0.5, 0.6) is 0 Å². The van der Waals surface area contributed by atoms with Crippen LogP contribution in [0.3, 0.4) is 0 Å². The average Bonchev–Trinajstić information content (AvgIpc) is 3.35.